The zero-order valence-electron chi connectivity index (χ0n) is 11.7. The summed E-state index contributed by atoms with van der Waals surface area (Å²) in [4.78, 5) is 26.2. The van der Waals surface area contributed by atoms with Gasteiger partial charge in [-0.2, -0.15) is 0 Å². The maximum atomic E-state index is 12.0. The fraction of sp³-hybridized carbons (Fsp3) is 0.846. The molecule has 5 nitrogen and oxygen atoms in total. The molecule has 1 aliphatic rings. The van der Waals surface area contributed by atoms with Crippen LogP contribution in [0.5, 0.6) is 0 Å². The molecule has 0 aromatic carbocycles. The van der Waals surface area contributed by atoms with E-state index in [0.717, 1.165) is 13.0 Å². The van der Waals surface area contributed by atoms with Gasteiger partial charge in [-0.15, -0.1) is 0 Å². The van der Waals surface area contributed by atoms with Crippen molar-refractivity contribution in [1.82, 2.24) is 9.80 Å². The lowest BCUT2D eigenvalue weighted by Crippen LogP contribution is -2.56. The Bertz CT molecular complexity index is 311. The summed E-state index contributed by atoms with van der Waals surface area (Å²) in [5.74, 6) is -0.461. The van der Waals surface area contributed by atoms with Crippen LogP contribution >= 0.6 is 0 Å². The van der Waals surface area contributed by atoms with Gasteiger partial charge in [0.2, 0.25) is 0 Å². The van der Waals surface area contributed by atoms with Gasteiger partial charge in [0.1, 0.15) is 0 Å². The van der Waals surface area contributed by atoms with Gasteiger partial charge in [0, 0.05) is 32.6 Å². The molecule has 0 aliphatic carbocycles. The summed E-state index contributed by atoms with van der Waals surface area (Å²) < 4.78 is 0. The third-order valence-corrected chi connectivity index (χ3v) is 3.65. The summed E-state index contributed by atoms with van der Waals surface area (Å²) in [5, 5.41) is 8.88. The third-order valence-electron chi connectivity index (χ3n) is 3.65. The van der Waals surface area contributed by atoms with Gasteiger partial charge in [-0.1, -0.05) is 20.8 Å². The number of hydrogen-bond donors (Lipinski definition) is 1. The first kappa shape index (κ1) is 14.8. The first-order chi connectivity index (χ1) is 8.32. The van der Waals surface area contributed by atoms with Gasteiger partial charge in [0.05, 0.1) is 5.92 Å². The number of hydrogen-bond acceptors (Lipinski definition) is 2. The van der Waals surface area contributed by atoms with E-state index in [2.05, 4.69) is 13.8 Å². The smallest absolute Gasteiger partial charge is 0.319 e. The molecule has 1 fully saturated rings. The van der Waals surface area contributed by atoms with Gasteiger partial charge in [-0.05, 0) is 12.3 Å². The van der Waals surface area contributed by atoms with E-state index in [1.165, 1.54) is 0 Å². The van der Waals surface area contributed by atoms with Crippen molar-refractivity contribution in [2.24, 2.45) is 17.8 Å². The molecule has 1 N–H and O–H groups in total. The highest BCUT2D eigenvalue weighted by Crippen LogP contribution is 2.24. The molecule has 0 spiro atoms. The second-order valence-corrected chi connectivity index (χ2v) is 5.68. The highest BCUT2D eigenvalue weighted by molar-refractivity contribution is 5.76. The summed E-state index contributed by atoms with van der Waals surface area (Å²) >= 11 is 0. The van der Waals surface area contributed by atoms with Crippen molar-refractivity contribution in [3.63, 3.8) is 0 Å². The second kappa shape index (κ2) is 6.07. The first-order valence-corrected chi connectivity index (χ1v) is 6.55. The van der Waals surface area contributed by atoms with E-state index in [4.69, 9.17) is 5.11 Å². The molecule has 0 saturated carbocycles. The minimum atomic E-state index is -0.778. The molecule has 1 unspecified atom stereocenters. The van der Waals surface area contributed by atoms with Gasteiger partial charge in [0.15, 0.2) is 0 Å². The normalized spacial score (nSPS) is 17.5. The van der Waals surface area contributed by atoms with Crippen molar-refractivity contribution >= 4 is 12.0 Å². The Balaban J connectivity index is 2.32. The third kappa shape index (κ3) is 3.62. The van der Waals surface area contributed by atoms with E-state index >= 15 is 0 Å². The van der Waals surface area contributed by atoms with Gasteiger partial charge < -0.3 is 14.9 Å². The van der Waals surface area contributed by atoms with Crippen LogP contribution in [0.4, 0.5) is 4.79 Å². The van der Waals surface area contributed by atoms with Gasteiger partial charge in [0.25, 0.3) is 0 Å². The topological polar surface area (TPSA) is 60.9 Å². The lowest BCUT2D eigenvalue weighted by atomic mass is 9.87. The molecular weight excluding hydrogens is 232 g/mol. The van der Waals surface area contributed by atoms with Gasteiger partial charge in [-0.25, -0.2) is 4.79 Å². The maximum Gasteiger partial charge on any atom is 0.319 e. The van der Waals surface area contributed by atoms with E-state index in [-0.39, 0.29) is 17.9 Å². The summed E-state index contributed by atoms with van der Waals surface area (Å²) in [7, 11) is 1.80. The lowest BCUT2D eigenvalue weighted by molar-refractivity contribution is -0.144. The van der Waals surface area contributed by atoms with Crippen molar-refractivity contribution in [2.45, 2.75) is 27.2 Å². The van der Waals surface area contributed by atoms with E-state index in [0.29, 0.717) is 19.0 Å². The maximum absolute atomic E-state index is 12.0. The van der Waals surface area contributed by atoms with Crippen LogP contribution in [0, 0.1) is 17.8 Å². The number of carbonyl (C=O) groups excluding carboxylic acids is 1. The fourth-order valence-electron chi connectivity index (χ4n) is 1.98. The highest BCUT2D eigenvalue weighted by Gasteiger charge is 2.38. The Morgan fingerprint density at radius 2 is 1.89 bits per heavy atom. The highest BCUT2D eigenvalue weighted by atomic mass is 16.4. The summed E-state index contributed by atoms with van der Waals surface area (Å²) in [5.41, 5.74) is 0. The predicted molar refractivity (Wildman–Crippen MR) is 69.3 cm³/mol. The van der Waals surface area contributed by atoms with E-state index in [1.54, 1.807) is 23.8 Å². The second-order valence-electron chi connectivity index (χ2n) is 5.68. The molecule has 18 heavy (non-hydrogen) atoms. The SMILES string of the molecule is CC(C)CCN(C)C(=O)N1CC(C(C)C(=O)O)C1. The van der Waals surface area contributed by atoms with E-state index in [1.807, 2.05) is 0 Å². The molecular formula is C13H24N2O3. The first-order valence-electron chi connectivity index (χ1n) is 6.55. The average Bonchev–Trinajstić information content (AvgIpc) is 2.23. The van der Waals surface area contributed by atoms with Crippen LogP contribution in [0.3, 0.4) is 0 Å². The molecule has 5 heteroatoms. The molecule has 1 rings (SSSR count). The van der Waals surface area contributed by atoms with Crippen LogP contribution in [0.15, 0.2) is 0 Å². The van der Waals surface area contributed by atoms with Gasteiger partial charge in [-0.3, -0.25) is 4.79 Å². The Morgan fingerprint density at radius 3 is 2.33 bits per heavy atom. The molecule has 1 atom stereocenters. The van der Waals surface area contributed by atoms with Crippen LogP contribution in [0.25, 0.3) is 0 Å². The van der Waals surface area contributed by atoms with Crippen molar-refractivity contribution in [1.29, 1.82) is 0 Å². The number of carbonyl (C=O) groups is 2. The summed E-state index contributed by atoms with van der Waals surface area (Å²) in [6, 6.07) is 0.0180. The molecule has 1 saturated heterocycles. The molecule has 0 aromatic heterocycles. The summed E-state index contributed by atoms with van der Waals surface area (Å²) in [6.45, 7) is 7.86. The zero-order valence-corrected chi connectivity index (χ0v) is 11.7. The number of carboxylic acid groups (broad SMARTS) is 1. The minimum Gasteiger partial charge on any atom is -0.481 e. The van der Waals surface area contributed by atoms with Crippen LogP contribution < -0.4 is 0 Å². The van der Waals surface area contributed by atoms with Crippen molar-refractivity contribution < 1.29 is 14.7 Å². The summed E-state index contributed by atoms with van der Waals surface area (Å²) in [6.07, 6.45) is 0.991. The Labute approximate surface area is 109 Å². The van der Waals surface area contributed by atoms with Crippen LogP contribution in [-0.4, -0.2) is 53.6 Å². The Kier molecular flexibility index (Phi) is 4.99. The van der Waals surface area contributed by atoms with Crippen LogP contribution in [-0.2, 0) is 4.79 Å². The predicted octanol–water partition coefficient (Wildman–Crippen LogP) is 1.74. The average molecular weight is 256 g/mol. The lowest BCUT2D eigenvalue weighted by Gasteiger charge is -2.42. The molecule has 104 valence electrons. The van der Waals surface area contributed by atoms with Crippen molar-refractivity contribution in [3.8, 4) is 0 Å². The monoisotopic (exact) mass is 256 g/mol. The molecule has 0 radical (unpaired) electrons. The van der Waals surface area contributed by atoms with E-state index < -0.39 is 5.97 Å². The number of rotatable bonds is 5. The van der Waals surface area contributed by atoms with Crippen LogP contribution in [0.2, 0.25) is 0 Å². The molecule has 0 aromatic rings. The standard InChI is InChI=1S/C13H24N2O3/c1-9(2)5-6-14(4)13(18)15-7-11(8-15)10(3)12(16)17/h9-11H,5-8H2,1-4H3,(H,16,17). The molecule has 2 amide bonds. The van der Waals surface area contributed by atoms with E-state index in [9.17, 15) is 9.59 Å². The van der Waals surface area contributed by atoms with Crippen LogP contribution in [0.1, 0.15) is 27.2 Å². The zero-order chi connectivity index (χ0) is 13.9. The molecule has 1 aliphatic heterocycles. The quantitative estimate of drug-likeness (QED) is 0.815. The number of amides is 2. The van der Waals surface area contributed by atoms with Crippen molar-refractivity contribution in [3.05, 3.63) is 0 Å². The number of likely N-dealkylation sites (tertiary alicyclic amines) is 1. The van der Waals surface area contributed by atoms with Gasteiger partial charge >= 0.3 is 12.0 Å². The van der Waals surface area contributed by atoms with Crippen molar-refractivity contribution in [2.75, 3.05) is 26.7 Å². The number of urea groups is 1. The largest absolute Gasteiger partial charge is 0.481 e. The Morgan fingerprint density at radius 1 is 1.33 bits per heavy atom. The molecule has 1 heterocycles. The minimum absolute atomic E-state index is 0.0180. The number of nitrogens with zero attached hydrogens (tertiary/aromatic N) is 2. The molecule has 0 bridgehead atoms. The fourth-order valence-corrected chi connectivity index (χ4v) is 1.98. The number of aliphatic carboxylic acids is 1. The number of carboxylic acids is 1. The Hall–Kier alpha value is -1.26.